The van der Waals surface area contributed by atoms with Crippen molar-refractivity contribution in [1.29, 1.82) is 0 Å². The average molecular weight is 1170 g/mol. The van der Waals surface area contributed by atoms with Gasteiger partial charge in [0.15, 0.2) is 0 Å². The van der Waals surface area contributed by atoms with Crippen LogP contribution in [-0.4, -0.2) is 15.3 Å². The molecule has 0 radical (unpaired) electrons. The van der Waals surface area contributed by atoms with Crippen LogP contribution in [0.4, 0.5) is 0 Å². The molecule has 3 N–H and O–H groups in total. The Balaban J connectivity index is 1.20. The molecule has 0 saturated carbocycles. The molecule has 3 atom stereocenters. The number of phenolic OH excluding ortho intramolecular Hbond substituents is 3. The lowest BCUT2D eigenvalue weighted by atomic mass is 9.60. The van der Waals surface area contributed by atoms with Crippen molar-refractivity contribution in [3.63, 3.8) is 0 Å². The van der Waals surface area contributed by atoms with Crippen LogP contribution in [0.5, 0.6) is 17.2 Å². The van der Waals surface area contributed by atoms with E-state index in [0.717, 1.165) is 65.7 Å². The van der Waals surface area contributed by atoms with E-state index in [1.807, 2.05) is 36.4 Å². The summed E-state index contributed by atoms with van der Waals surface area (Å²) < 4.78 is 0. The molecule has 0 aromatic heterocycles. The fourth-order valence-electron chi connectivity index (χ4n) is 16.5. The lowest BCUT2D eigenvalue weighted by Gasteiger charge is -2.40. The van der Waals surface area contributed by atoms with Crippen LogP contribution < -0.4 is 0 Å². The summed E-state index contributed by atoms with van der Waals surface area (Å²) >= 11 is 0. The van der Waals surface area contributed by atoms with Gasteiger partial charge in [-0.05, 0) is 220 Å². The van der Waals surface area contributed by atoms with E-state index in [1.165, 1.54) is 83.5 Å². The fraction of sp³-hybridized carbons (Fsp3) is 0.172. The smallest absolute Gasteiger partial charge is 0.116 e. The molecule has 90 heavy (non-hydrogen) atoms. The minimum absolute atomic E-state index is 0.115. The standard InChI is InChI=1S/C87H72O3/c1-82(2,3)58-31-37-61(38-32-58)85(64-28-22-55-49-67(88)43-25-52(55)46-64)73-19-13-10-16-70(73)76-79(85)77-71-17-11-14-20-74(71)86(62-39-33-59(34-40-62)83(4,5)6,65-29-23-56-50-68(89)44-26-53(56)47-65)81(77)78-72-18-12-15-21-75(72)87(80(76)78,63-41-35-60(36-42-63)84(7,8)9)66-30-24-57-51-69(90)45-27-54(57)48-66/h10-51,88-90H,1-9H3. The Kier molecular flexibility index (Phi) is 11.9. The van der Waals surface area contributed by atoms with Crippen LogP contribution >= 0.6 is 0 Å². The quantitative estimate of drug-likeness (QED) is 0.155. The number of benzene rings is 13. The van der Waals surface area contributed by atoms with Gasteiger partial charge in [-0.1, -0.05) is 263 Å². The van der Waals surface area contributed by atoms with E-state index in [2.05, 4.69) is 281 Å². The molecular formula is C87H72O3. The van der Waals surface area contributed by atoms with Gasteiger partial charge in [-0.25, -0.2) is 0 Å². The van der Waals surface area contributed by atoms with E-state index in [-0.39, 0.29) is 33.5 Å². The summed E-state index contributed by atoms with van der Waals surface area (Å²) in [5.74, 6) is 0.704. The number of hydrogen-bond donors (Lipinski definition) is 3. The molecular weight excluding hydrogens is 1090 g/mol. The van der Waals surface area contributed by atoms with E-state index in [9.17, 15) is 15.3 Å². The molecule has 3 aliphatic rings. The van der Waals surface area contributed by atoms with Crippen LogP contribution in [-0.2, 0) is 32.5 Å². The molecule has 0 aliphatic heterocycles. The number of hydrogen-bond acceptors (Lipinski definition) is 3. The van der Waals surface area contributed by atoms with Gasteiger partial charge in [0.05, 0.1) is 16.2 Å². The zero-order valence-electron chi connectivity index (χ0n) is 52.6. The summed E-state index contributed by atoms with van der Waals surface area (Å²) in [5, 5.41) is 39.2. The lowest BCUT2D eigenvalue weighted by Crippen LogP contribution is -2.34. The van der Waals surface area contributed by atoms with E-state index in [1.54, 1.807) is 0 Å². The first-order valence-corrected chi connectivity index (χ1v) is 31.8. The highest BCUT2D eigenvalue weighted by Crippen LogP contribution is 2.73. The maximum Gasteiger partial charge on any atom is 0.116 e. The Morgan fingerprint density at radius 1 is 0.233 bits per heavy atom. The predicted molar refractivity (Wildman–Crippen MR) is 372 cm³/mol. The highest BCUT2D eigenvalue weighted by atomic mass is 16.3. The Morgan fingerprint density at radius 3 is 0.711 bits per heavy atom. The topological polar surface area (TPSA) is 60.7 Å². The molecule has 0 bridgehead atoms. The normalized spacial score (nSPS) is 18.1. The van der Waals surface area contributed by atoms with Gasteiger partial charge in [0.1, 0.15) is 17.2 Å². The number of fused-ring (bicyclic) bond motifs is 15. The zero-order valence-corrected chi connectivity index (χ0v) is 52.6. The van der Waals surface area contributed by atoms with Gasteiger partial charge >= 0.3 is 0 Å². The van der Waals surface area contributed by atoms with Gasteiger partial charge in [0.2, 0.25) is 0 Å². The van der Waals surface area contributed by atoms with Crippen molar-refractivity contribution >= 4 is 32.3 Å². The third-order valence-corrected chi connectivity index (χ3v) is 20.7. The second-order valence-corrected chi connectivity index (χ2v) is 28.9. The number of aromatic hydroxyl groups is 3. The number of phenols is 3. The first-order chi connectivity index (χ1) is 43.2. The largest absolute Gasteiger partial charge is 0.508 e. The first-order valence-electron chi connectivity index (χ1n) is 31.8. The van der Waals surface area contributed by atoms with Crippen LogP contribution in [0.25, 0.3) is 65.7 Å². The van der Waals surface area contributed by atoms with E-state index >= 15 is 0 Å². The van der Waals surface area contributed by atoms with Crippen molar-refractivity contribution < 1.29 is 15.3 Å². The summed E-state index contributed by atoms with van der Waals surface area (Å²) in [6.07, 6.45) is 0. The van der Waals surface area contributed by atoms with Crippen molar-refractivity contribution in [3.05, 3.63) is 338 Å². The first kappa shape index (κ1) is 55.4. The third-order valence-electron chi connectivity index (χ3n) is 20.7. The third kappa shape index (κ3) is 7.71. The molecule has 0 heterocycles. The second-order valence-electron chi connectivity index (χ2n) is 28.9. The molecule has 0 amide bonds. The molecule has 3 nitrogen and oxygen atoms in total. The minimum Gasteiger partial charge on any atom is -0.508 e. The van der Waals surface area contributed by atoms with Gasteiger partial charge in [-0.2, -0.15) is 0 Å². The highest BCUT2D eigenvalue weighted by molar-refractivity contribution is 6.10. The molecule has 13 aromatic carbocycles. The zero-order chi connectivity index (χ0) is 62.0. The Hall–Kier alpha value is -9.96. The number of rotatable bonds is 6. The Labute approximate surface area is 528 Å². The monoisotopic (exact) mass is 1160 g/mol. The molecule has 0 saturated heterocycles. The summed E-state index contributed by atoms with van der Waals surface area (Å²) in [6.45, 7) is 20.7. The van der Waals surface area contributed by atoms with Crippen LogP contribution in [0.3, 0.4) is 0 Å². The average Bonchev–Trinajstić information content (AvgIpc) is 1.46. The van der Waals surface area contributed by atoms with Gasteiger partial charge in [-0.15, -0.1) is 0 Å². The molecule has 13 aromatic rings. The summed E-state index contributed by atoms with van der Waals surface area (Å²) in [5.41, 5.74) is 22.0. The summed E-state index contributed by atoms with van der Waals surface area (Å²) in [6, 6.07) is 94.9. The maximum absolute atomic E-state index is 11.1. The maximum atomic E-state index is 11.1. The molecule has 0 spiro atoms. The second kappa shape index (κ2) is 19.3. The van der Waals surface area contributed by atoms with Crippen molar-refractivity contribution in [3.8, 4) is 50.6 Å². The lowest BCUT2D eigenvalue weighted by molar-refractivity contribution is 0.475. The van der Waals surface area contributed by atoms with Gasteiger partial charge in [0.25, 0.3) is 0 Å². The molecule has 16 rings (SSSR count). The van der Waals surface area contributed by atoms with Gasteiger partial charge < -0.3 is 15.3 Å². The van der Waals surface area contributed by atoms with Crippen molar-refractivity contribution in [2.24, 2.45) is 0 Å². The van der Waals surface area contributed by atoms with Crippen LogP contribution in [0.2, 0.25) is 0 Å². The molecule has 3 aliphatic carbocycles. The molecule has 0 fully saturated rings. The summed E-state index contributed by atoms with van der Waals surface area (Å²) in [7, 11) is 0. The van der Waals surface area contributed by atoms with Crippen LogP contribution in [0.15, 0.2) is 255 Å². The molecule has 438 valence electrons. The van der Waals surface area contributed by atoms with E-state index in [0.29, 0.717) is 0 Å². The van der Waals surface area contributed by atoms with E-state index < -0.39 is 16.2 Å². The van der Waals surface area contributed by atoms with E-state index in [4.69, 9.17) is 0 Å². The van der Waals surface area contributed by atoms with Crippen LogP contribution in [0, 0.1) is 0 Å². The predicted octanol–water partition coefficient (Wildman–Crippen LogP) is 21.2. The SMILES string of the molecule is CC(C)(C)c1ccc(C2(c3ccc4cc(O)ccc4c3)c3ccccc3-c3c2c2c(c4c3C(c3ccc(C(C)(C)C)cc3)(c3ccc5cc(O)ccc5c3)c3ccccc3-4)C(c3ccc(C(C)(C)C)cc3)(c3ccc4cc(O)ccc4c3)c3ccccc3-2)cc1. The molecule has 3 heteroatoms. The molecule has 3 unspecified atom stereocenters. The van der Waals surface area contributed by atoms with Crippen molar-refractivity contribution in [1.82, 2.24) is 0 Å². The Bertz CT molecular complexity index is 4610. The van der Waals surface area contributed by atoms with Gasteiger partial charge in [0, 0.05) is 0 Å². The highest BCUT2D eigenvalue weighted by Gasteiger charge is 2.61. The Morgan fingerprint density at radius 2 is 0.456 bits per heavy atom. The van der Waals surface area contributed by atoms with Gasteiger partial charge in [-0.3, -0.25) is 0 Å². The minimum atomic E-state index is -0.953. The van der Waals surface area contributed by atoms with Crippen molar-refractivity contribution in [2.75, 3.05) is 0 Å². The summed E-state index contributed by atoms with van der Waals surface area (Å²) in [4.78, 5) is 0. The van der Waals surface area contributed by atoms with Crippen LogP contribution in [0.1, 0.15) is 146 Å². The fourth-order valence-corrected chi connectivity index (χ4v) is 16.5. The van der Waals surface area contributed by atoms with Crippen molar-refractivity contribution in [2.45, 2.75) is 94.8 Å².